The monoisotopic (exact) mass is 273 g/mol. The van der Waals surface area contributed by atoms with Crippen LogP contribution in [0, 0.1) is 0 Å². The maximum atomic E-state index is 12.1. The number of rotatable bonds is 2. The summed E-state index contributed by atoms with van der Waals surface area (Å²) < 4.78 is 1.72. The van der Waals surface area contributed by atoms with E-state index in [0.29, 0.717) is 0 Å². The summed E-state index contributed by atoms with van der Waals surface area (Å²) in [5, 5.41) is 6.17. The first-order valence-electron chi connectivity index (χ1n) is 6.23. The second-order valence-electron chi connectivity index (χ2n) is 4.66. The highest BCUT2D eigenvalue weighted by molar-refractivity contribution is 7.10. The molecule has 3 heterocycles. The number of carbonyl (C=O) groups excluding carboxylic acids is 1. The Balaban J connectivity index is 1.67. The summed E-state index contributed by atoms with van der Waals surface area (Å²) >= 11 is 1.79. The van der Waals surface area contributed by atoms with Gasteiger partial charge in [-0.2, -0.15) is 5.10 Å². The van der Waals surface area contributed by atoms with E-state index in [2.05, 4.69) is 16.5 Å². The van der Waals surface area contributed by atoms with Crippen LogP contribution in [0.1, 0.15) is 16.0 Å². The van der Waals surface area contributed by atoms with E-state index in [1.165, 1.54) is 10.4 Å². The Morgan fingerprint density at radius 1 is 1.53 bits per heavy atom. The molecule has 0 unspecified atom stereocenters. The summed E-state index contributed by atoms with van der Waals surface area (Å²) in [5.74, 6) is 0.0701. The molecule has 3 rings (SSSR count). The van der Waals surface area contributed by atoms with Gasteiger partial charge in [0.05, 0.1) is 6.20 Å². The van der Waals surface area contributed by atoms with Crippen molar-refractivity contribution in [1.82, 2.24) is 14.7 Å². The minimum Gasteiger partial charge on any atom is -0.334 e. The van der Waals surface area contributed by atoms with Crippen molar-refractivity contribution >= 4 is 23.3 Å². The van der Waals surface area contributed by atoms with Gasteiger partial charge in [0.15, 0.2) is 0 Å². The lowest BCUT2D eigenvalue weighted by Gasteiger charge is -2.25. The second-order valence-corrected chi connectivity index (χ2v) is 5.66. The molecule has 0 N–H and O–H groups in total. The predicted octanol–water partition coefficient (Wildman–Crippen LogP) is 2.08. The summed E-state index contributed by atoms with van der Waals surface area (Å²) in [6, 6.07) is 2.12. The summed E-state index contributed by atoms with van der Waals surface area (Å²) in [4.78, 5) is 15.4. The molecule has 5 heteroatoms. The minimum atomic E-state index is 0.0701. The number of aryl methyl sites for hydroxylation is 1. The number of fused-ring (bicyclic) bond motifs is 1. The molecule has 1 amide bonds. The molecule has 1 aliphatic rings. The van der Waals surface area contributed by atoms with Crippen LogP contribution in [0.15, 0.2) is 29.9 Å². The average Bonchev–Trinajstić information content (AvgIpc) is 3.03. The first-order valence-corrected chi connectivity index (χ1v) is 7.11. The molecule has 19 heavy (non-hydrogen) atoms. The van der Waals surface area contributed by atoms with Gasteiger partial charge in [-0.25, -0.2) is 0 Å². The Kier molecular flexibility index (Phi) is 3.21. The Morgan fingerprint density at radius 2 is 2.42 bits per heavy atom. The third-order valence-electron chi connectivity index (χ3n) is 3.26. The lowest BCUT2D eigenvalue weighted by molar-refractivity contribution is -0.126. The fourth-order valence-electron chi connectivity index (χ4n) is 2.24. The van der Waals surface area contributed by atoms with Gasteiger partial charge in [-0.15, -0.1) is 11.3 Å². The fourth-order valence-corrected chi connectivity index (χ4v) is 3.13. The van der Waals surface area contributed by atoms with Crippen LogP contribution >= 0.6 is 11.3 Å². The smallest absolute Gasteiger partial charge is 0.246 e. The van der Waals surface area contributed by atoms with Gasteiger partial charge in [0.1, 0.15) is 0 Å². The van der Waals surface area contributed by atoms with Crippen molar-refractivity contribution in [2.45, 2.75) is 13.0 Å². The van der Waals surface area contributed by atoms with Crippen LogP contribution in [0.3, 0.4) is 0 Å². The zero-order chi connectivity index (χ0) is 13.2. The summed E-state index contributed by atoms with van der Waals surface area (Å²) in [7, 11) is 1.86. The quantitative estimate of drug-likeness (QED) is 0.786. The lowest BCUT2D eigenvalue weighted by atomic mass is 10.1. The molecule has 98 valence electrons. The highest BCUT2D eigenvalue weighted by Crippen LogP contribution is 2.24. The molecule has 0 saturated heterocycles. The second kappa shape index (κ2) is 5.01. The Bertz CT molecular complexity index is 626. The van der Waals surface area contributed by atoms with E-state index in [9.17, 15) is 4.79 Å². The van der Waals surface area contributed by atoms with Crippen molar-refractivity contribution in [3.05, 3.63) is 45.9 Å². The van der Waals surface area contributed by atoms with Gasteiger partial charge < -0.3 is 4.90 Å². The molecule has 4 nitrogen and oxygen atoms in total. The molecule has 1 aliphatic heterocycles. The Labute approximate surface area is 116 Å². The average molecular weight is 273 g/mol. The topological polar surface area (TPSA) is 38.1 Å². The number of hydrogen-bond acceptors (Lipinski definition) is 3. The normalized spacial score (nSPS) is 14.9. The van der Waals surface area contributed by atoms with E-state index in [1.54, 1.807) is 28.3 Å². The largest absolute Gasteiger partial charge is 0.334 e. The van der Waals surface area contributed by atoms with Crippen LogP contribution in [0.4, 0.5) is 0 Å². The van der Waals surface area contributed by atoms with Crippen LogP contribution < -0.4 is 0 Å². The van der Waals surface area contributed by atoms with Gasteiger partial charge in [-0.1, -0.05) is 0 Å². The third kappa shape index (κ3) is 2.61. The van der Waals surface area contributed by atoms with E-state index in [-0.39, 0.29) is 5.91 Å². The molecular formula is C14H15N3OS. The zero-order valence-electron chi connectivity index (χ0n) is 10.7. The number of amides is 1. The molecule has 2 aromatic heterocycles. The number of hydrogen-bond donors (Lipinski definition) is 0. The number of nitrogens with zero attached hydrogens (tertiary/aromatic N) is 3. The van der Waals surface area contributed by atoms with Crippen LogP contribution in [0.25, 0.3) is 6.08 Å². The van der Waals surface area contributed by atoms with Crippen LogP contribution in [0.5, 0.6) is 0 Å². The lowest BCUT2D eigenvalue weighted by Crippen LogP contribution is -2.34. The number of aromatic nitrogens is 2. The predicted molar refractivity (Wildman–Crippen MR) is 75.7 cm³/mol. The highest BCUT2D eigenvalue weighted by atomic mass is 32.1. The maximum Gasteiger partial charge on any atom is 0.246 e. The Hall–Kier alpha value is -1.88. The van der Waals surface area contributed by atoms with E-state index >= 15 is 0 Å². The van der Waals surface area contributed by atoms with E-state index in [1.807, 2.05) is 24.2 Å². The van der Waals surface area contributed by atoms with Crippen LogP contribution in [0.2, 0.25) is 0 Å². The SMILES string of the molecule is Cn1cc(/C=C/C(=O)N2CCc3sccc3C2)cn1. The van der Waals surface area contributed by atoms with Gasteiger partial charge >= 0.3 is 0 Å². The molecule has 0 spiro atoms. The summed E-state index contributed by atoms with van der Waals surface area (Å²) in [6.07, 6.45) is 8.06. The maximum absolute atomic E-state index is 12.1. The number of carbonyl (C=O) groups is 1. The van der Waals surface area contributed by atoms with Crippen molar-refractivity contribution in [2.75, 3.05) is 6.54 Å². The molecule has 0 aliphatic carbocycles. The molecule has 2 aromatic rings. The highest BCUT2D eigenvalue weighted by Gasteiger charge is 2.19. The Morgan fingerprint density at radius 3 is 3.21 bits per heavy atom. The first kappa shape index (κ1) is 12.2. The zero-order valence-corrected chi connectivity index (χ0v) is 11.6. The minimum absolute atomic E-state index is 0.0701. The molecule has 0 aromatic carbocycles. The van der Waals surface area contributed by atoms with Crippen LogP contribution in [-0.2, 0) is 24.8 Å². The van der Waals surface area contributed by atoms with Gasteiger partial charge in [0, 0.05) is 42.9 Å². The first-order chi connectivity index (χ1) is 9.22. The fraction of sp³-hybridized carbons (Fsp3) is 0.286. The summed E-state index contributed by atoms with van der Waals surface area (Å²) in [6.45, 7) is 1.54. The molecule has 0 radical (unpaired) electrons. The molecule has 0 bridgehead atoms. The molecule has 0 fully saturated rings. The van der Waals surface area contributed by atoms with Crippen molar-refractivity contribution in [2.24, 2.45) is 7.05 Å². The number of thiophene rings is 1. The van der Waals surface area contributed by atoms with Gasteiger partial charge in [-0.3, -0.25) is 9.48 Å². The molecule has 0 atom stereocenters. The van der Waals surface area contributed by atoms with Crippen molar-refractivity contribution in [1.29, 1.82) is 0 Å². The third-order valence-corrected chi connectivity index (χ3v) is 4.29. The van der Waals surface area contributed by atoms with Gasteiger partial charge in [-0.05, 0) is 29.5 Å². The van der Waals surface area contributed by atoms with E-state index < -0.39 is 0 Å². The van der Waals surface area contributed by atoms with Crippen molar-refractivity contribution in [3.63, 3.8) is 0 Å². The van der Waals surface area contributed by atoms with E-state index in [4.69, 9.17) is 0 Å². The summed E-state index contributed by atoms with van der Waals surface area (Å²) in [5.41, 5.74) is 2.24. The van der Waals surface area contributed by atoms with E-state index in [0.717, 1.165) is 25.1 Å². The van der Waals surface area contributed by atoms with Crippen molar-refractivity contribution in [3.8, 4) is 0 Å². The van der Waals surface area contributed by atoms with Gasteiger partial charge in [0.25, 0.3) is 0 Å². The standard InChI is InChI=1S/C14H15N3OS/c1-16-9-11(8-15-16)2-3-14(18)17-6-4-13-12(10-17)5-7-19-13/h2-3,5,7-9H,4,6,10H2,1H3/b3-2+. The van der Waals surface area contributed by atoms with Crippen LogP contribution in [-0.4, -0.2) is 27.1 Å². The van der Waals surface area contributed by atoms with Gasteiger partial charge in [0.2, 0.25) is 5.91 Å². The molecular weight excluding hydrogens is 258 g/mol. The van der Waals surface area contributed by atoms with Crippen molar-refractivity contribution < 1.29 is 4.79 Å². The molecule has 0 saturated carbocycles.